The van der Waals surface area contributed by atoms with Crippen LogP contribution in [0, 0.1) is 0 Å². The van der Waals surface area contributed by atoms with E-state index in [0.717, 1.165) is 33.3 Å². The van der Waals surface area contributed by atoms with E-state index in [-0.39, 0.29) is 17.5 Å². The van der Waals surface area contributed by atoms with Crippen LogP contribution >= 0.6 is 11.8 Å². The minimum Gasteiger partial charge on any atom is -0.493 e. The highest BCUT2D eigenvalue weighted by atomic mass is 32.2. The third kappa shape index (κ3) is 9.75. The Bertz CT molecular complexity index is 1360. The molecule has 39 heavy (non-hydrogen) atoms. The van der Waals surface area contributed by atoms with Crippen LogP contribution in [-0.4, -0.2) is 30.3 Å². The van der Waals surface area contributed by atoms with Gasteiger partial charge in [-0.2, -0.15) is 4.39 Å². The van der Waals surface area contributed by atoms with Gasteiger partial charge in [0.25, 0.3) is 0 Å². The zero-order chi connectivity index (χ0) is 28.2. The fourth-order valence-corrected chi connectivity index (χ4v) is 3.76. The molecule has 0 aliphatic heterocycles. The summed E-state index contributed by atoms with van der Waals surface area (Å²) in [6.07, 6.45) is 3.81. The molecule has 6 nitrogen and oxygen atoms in total. The molecule has 0 fully saturated rings. The molecule has 0 N–H and O–H groups in total. The minimum absolute atomic E-state index is 0.117. The molecule has 0 bridgehead atoms. The van der Waals surface area contributed by atoms with Gasteiger partial charge in [0.15, 0.2) is 0 Å². The Morgan fingerprint density at radius 3 is 2.00 bits per heavy atom. The predicted molar refractivity (Wildman–Crippen MR) is 150 cm³/mol. The van der Waals surface area contributed by atoms with Gasteiger partial charge in [0.05, 0.1) is 13.2 Å². The molecule has 200 valence electrons. The Hall–Kier alpha value is -4.43. The molecule has 0 saturated heterocycles. The first-order valence-corrected chi connectivity index (χ1v) is 12.8. The average molecular weight is 547 g/mol. The van der Waals surface area contributed by atoms with Gasteiger partial charge in [-0.05, 0) is 77.9 Å². The van der Waals surface area contributed by atoms with Gasteiger partial charge in [-0.25, -0.2) is 9.59 Å². The van der Waals surface area contributed by atoms with Crippen molar-refractivity contribution in [2.75, 3.05) is 13.2 Å². The minimum atomic E-state index is -1.16. The van der Waals surface area contributed by atoms with Gasteiger partial charge < -0.3 is 14.2 Å². The molecule has 0 aliphatic carbocycles. The van der Waals surface area contributed by atoms with Crippen molar-refractivity contribution in [2.24, 2.45) is 0 Å². The maximum atomic E-state index is 12.8. The largest absolute Gasteiger partial charge is 0.493 e. The van der Waals surface area contributed by atoms with E-state index in [2.05, 4.69) is 13.2 Å². The van der Waals surface area contributed by atoms with Crippen LogP contribution in [0.15, 0.2) is 108 Å². The first-order chi connectivity index (χ1) is 18.7. The molecule has 0 aromatic heterocycles. The Labute approximate surface area is 230 Å². The van der Waals surface area contributed by atoms with E-state index in [9.17, 15) is 18.8 Å². The quantitative estimate of drug-likeness (QED) is 0.0799. The highest BCUT2D eigenvalue weighted by molar-refractivity contribution is 8.14. The zero-order valence-electron chi connectivity index (χ0n) is 21.4. The van der Waals surface area contributed by atoms with E-state index >= 15 is 0 Å². The van der Waals surface area contributed by atoms with Crippen LogP contribution in [0.4, 0.5) is 4.39 Å². The normalized spacial score (nSPS) is 10.6. The summed E-state index contributed by atoms with van der Waals surface area (Å²) < 4.78 is 28.3. The van der Waals surface area contributed by atoms with Crippen molar-refractivity contribution in [3.05, 3.63) is 109 Å². The van der Waals surface area contributed by atoms with Gasteiger partial charge in [0, 0.05) is 16.9 Å². The van der Waals surface area contributed by atoms with Crippen molar-refractivity contribution in [3.63, 3.8) is 0 Å². The number of carbonyl (C=O) groups is 3. The number of benzene rings is 3. The van der Waals surface area contributed by atoms with Crippen molar-refractivity contribution in [3.8, 4) is 22.6 Å². The lowest BCUT2D eigenvalue weighted by molar-refractivity contribution is -0.139. The summed E-state index contributed by atoms with van der Waals surface area (Å²) in [6.45, 7) is 8.69. The summed E-state index contributed by atoms with van der Waals surface area (Å²) in [5.41, 5.74) is 3.03. The molecule has 0 spiro atoms. The van der Waals surface area contributed by atoms with Crippen LogP contribution < -0.4 is 9.47 Å². The lowest BCUT2D eigenvalue weighted by atomic mass is 10.0. The Morgan fingerprint density at radius 2 is 1.41 bits per heavy atom. The first-order valence-electron chi connectivity index (χ1n) is 11.9. The summed E-state index contributed by atoms with van der Waals surface area (Å²) in [5, 5.41) is -0.117. The summed E-state index contributed by atoms with van der Waals surface area (Å²) in [4.78, 5) is 35.8. The summed E-state index contributed by atoms with van der Waals surface area (Å²) in [5.74, 6) is -1.81. The molecule has 0 radical (unpaired) electrons. The number of rotatable bonds is 12. The second kappa shape index (κ2) is 14.5. The summed E-state index contributed by atoms with van der Waals surface area (Å²) in [6, 6.07) is 21.4. The number of hydrogen-bond donors (Lipinski definition) is 0. The van der Waals surface area contributed by atoms with Gasteiger partial charge in [-0.1, -0.05) is 55.6 Å². The third-order valence-corrected chi connectivity index (χ3v) is 5.97. The number of hydrogen-bond acceptors (Lipinski definition) is 7. The summed E-state index contributed by atoms with van der Waals surface area (Å²) in [7, 11) is 0. The topological polar surface area (TPSA) is 78.9 Å². The molecule has 3 aromatic rings. The monoisotopic (exact) mass is 546 g/mol. The highest BCUT2D eigenvalue weighted by Gasteiger charge is 2.09. The molecule has 3 rings (SSSR count). The number of carbonyl (C=O) groups excluding carboxylic acids is 3. The number of halogens is 1. The number of ether oxygens (including phenoxy) is 3. The van der Waals surface area contributed by atoms with Crippen LogP contribution in [0.5, 0.6) is 11.5 Å². The van der Waals surface area contributed by atoms with Crippen molar-refractivity contribution >= 4 is 34.9 Å². The van der Waals surface area contributed by atoms with Gasteiger partial charge in [-0.15, -0.1) is 0 Å². The first kappa shape index (κ1) is 29.1. The fraction of sp³-hybridized carbons (Fsp3) is 0.129. The molecular formula is C31H27FO6S. The van der Waals surface area contributed by atoms with E-state index in [4.69, 9.17) is 14.2 Å². The smallest absolute Gasteiger partial charge is 0.371 e. The predicted octanol–water partition coefficient (Wildman–Crippen LogP) is 6.96. The van der Waals surface area contributed by atoms with Gasteiger partial charge in [0.1, 0.15) is 11.5 Å². The third-order valence-electron chi connectivity index (χ3n) is 5.12. The van der Waals surface area contributed by atoms with E-state index in [1.54, 1.807) is 49.4 Å². The highest BCUT2D eigenvalue weighted by Crippen LogP contribution is 2.25. The Morgan fingerprint density at radius 1 is 0.821 bits per heavy atom. The van der Waals surface area contributed by atoms with Crippen LogP contribution in [-0.2, 0) is 19.1 Å². The van der Waals surface area contributed by atoms with Crippen LogP contribution in [0.3, 0.4) is 0 Å². The van der Waals surface area contributed by atoms with Gasteiger partial charge in [0.2, 0.25) is 10.9 Å². The molecule has 0 aliphatic rings. The SMILES string of the molecule is C=C(C)C(=O)OCCCOc1ccc(SC(=O)/C=C/c2ccc(-c3ccc(OC(=O)C(=C)F)cc3)cc2)cc1. The van der Waals surface area contributed by atoms with Crippen LogP contribution in [0.1, 0.15) is 18.9 Å². The number of esters is 2. The van der Waals surface area contributed by atoms with E-state index in [0.29, 0.717) is 24.4 Å². The van der Waals surface area contributed by atoms with Crippen LogP contribution in [0.2, 0.25) is 0 Å². The van der Waals surface area contributed by atoms with Crippen molar-refractivity contribution < 1.29 is 33.0 Å². The molecule has 0 amide bonds. The number of thioether (sulfide) groups is 1. The van der Waals surface area contributed by atoms with Crippen molar-refractivity contribution in [1.29, 1.82) is 0 Å². The molecule has 8 heteroatoms. The van der Waals surface area contributed by atoms with Gasteiger partial charge in [-0.3, -0.25) is 4.79 Å². The molecular weight excluding hydrogens is 519 g/mol. The van der Waals surface area contributed by atoms with Gasteiger partial charge >= 0.3 is 11.9 Å². The standard InChI is InChI=1S/C31H27FO6S/c1-21(2)30(34)37-20-4-19-36-26-14-16-28(17-15-26)39-29(33)18-7-23-5-8-24(9-6-23)25-10-12-27(13-11-25)38-31(35)22(3)32/h5-18H,1,3-4,19-20H2,2H3/b18-7+. The molecule has 0 atom stereocenters. The van der Waals surface area contributed by atoms with Crippen LogP contribution in [0.25, 0.3) is 17.2 Å². The molecule has 0 heterocycles. The van der Waals surface area contributed by atoms with E-state index in [1.807, 2.05) is 36.4 Å². The van der Waals surface area contributed by atoms with E-state index < -0.39 is 17.8 Å². The molecule has 0 saturated carbocycles. The lowest BCUT2D eigenvalue weighted by Gasteiger charge is -2.07. The lowest BCUT2D eigenvalue weighted by Crippen LogP contribution is -2.09. The molecule has 3 aromatic carbocycles. The van der Waals surface area contributed by atoms with Crippen molar-refractivity contribution in [1.82, 2.24) is 0 Å². The second-order valence-electron chi connectivity index (χ2n) is 8.28. The summed E-state index contributed by atoms with van der Waals surface area (Å²) >= 11 is 1.10. The second-order valence-corrected chi connectivity index (χ2v) is 9.36. The fourth-order valence-electron chi connectivity index (χ4n) is 3.12. The maximum absolute atomic E-state index is 12.8. The van der Waals surface area contributed by atoms with E-state index in [1.165, 1.54) is 6.08 Å². The molecule has 0 unspecified atom stereocenters. The Kier molecular flexibility index (Phi) is 10.8. The Balaban J connectivity index is 1.44. The average Bonchev–Trinajstić information content (AvgIpc) is 2.93. The maximum Gasteiger partial charge on any atom is 0.371 e. The zero-order valence-corrected chi connectivity index (χ0v) is 22.2. The van der Waals surface area contributed by atoms with Crippen molar-refractivity contribution in [2.45, 2.75) is 18.2 Å².